The van der Waals surface area contributed by atoms with E-state index in [0.717, 1.165) is 11.4 Å². The summed E-state index contributed by atoms with van der Waals surface area (Å²) in [7, 11) is 3.42. The van der Waals surface area contributed by atoms with Gasteiger partial charge in [0.2, 0.25) is 0 Å². The Morgan fingerprint density at radius 1 is 1.07 bits per heavy atom. The van der Waals surface area contributed by atoms with E-state index in [1.54, 1.807) is 44.6 Å². The zero-order valence-corrected chi connectivity index (χ0v) is 16.5. The summed E-state index contributed by atoms with van der Waals surface area (Å²) in [6, 6.07) is 17.3. The lowest BCUT2D eigenvalue weighted by Crippen LogP contribution is -2.21. The van der Waals surface area contributed by atoms with E-state index >= 15 is 0 Å². The highest BCUT2D eigenvalue weighted by atomic mass is 16.5. The molecule has 0 saturated carbocycles. The molecule has 0 aliphatic rings. The molecule has 2 aromatic carbocycles. The van der Waals surface area contributed by atoms with E-state index in [4.69, 9.17) is 4.74 Å². The maximum absolute atomic E-state index is 12.2. The van der Waals surface area contributed by atoms with Crippen LogP contribution >= 0.6 is 0 Å². The molecule has 0 unspecified atom stereocenters. The van der Waals surface area contributed by atoms with Crippen molar-refractivity contribution >= 4 is 17.1 Å². The molecule has 4 rings (SSSR count). The second-order valence-electron chi connectivity index (χ2n) is 6.92. The molecule has 0 radical (unpaired) electrons. The molecule has 1 amide bonds. The second-order valence-corrected chi connectivity index (χ2v) is 6.92. The van der Waals surface area contributed by atoms with Gasteiger partial charge in [-0.3, -0.25) is 4.79 Å². The minimum Gasteiger partial charge on any atom is -0.424 e. The number of carbonyl (C=O) groups is 1. The molecule has 7 heteroatoms. The number of amides is 1. The van der Waals surface area contributed by atoms with Gasteiger partial charge in [-0.05, 0) is 30.7 Å². The number of rotatable bonds is 5. The highest BCUT2D eigenvalue weighted by Crippen LogP contribution is 2.22. The van der Waals surface area contributed by atoms with Crippen molar-refractivity contribution in [2.24, 2.45) is 0 Å². The third-order valence-corrected chi connectivity index (χ3v) is 4.54. The number of imidazole rings is 1. The first kappa shape index (κ1) is 18.6. The predicted octanol–water partition coefficient (Wildman–Crippen LogP) is 3.68. The first-order valence-electron chi connectivity index (χ1n) is 9.24. The number of nitrogens with zero attached hydrogens (tertiary/aromatic N) is 5. The van der Waals surface area contributed by atoms with E-state index in [9.17, 15) is 4.79 Å². The van der Waals surface area contributed by atoms with Gasteiger partial charge < -0.3 is 14.2 Å². The van der Waals surface area contributed by atoms with Gasteiger partial charge in [-0.15, -0.1) is 0 Å². The largest absolute Gasteiger partial charge is 0.424 e. The van der Waals surface area contributed by atoms with Crippen LogP contribution in [0.2, 0.25) is 0 Å². The fourth-order valence-corrected chi connectivity index (χ4v) is 3.08. The molecule has 0 fully saturated rings. The van der Waals surface area contributed by atoms with E-state index < -0.39 is 0 Å². The number of fused-ring (bicyclic) bond motifs is 1. The fraction of sp³-hybridized carbons (Fsp3) is 0.182. The molecule has 0 atom stereocenters. The molecule has 29 heavy (non-hydrogen) atoms. The van der Waals surface area contributed by atoms with Crippen LogP contribution in [0.15, 0.2) is 60.8 Å². The van der Waals surface area contributed by atoms with Crippen LogP contribution in [-0.2, 0) is 6.54 Å². The Labute approximate surface area is 168 Å². The number of hydrogen-bond acceptors (Lipinski definition) is 5. The van der Waals surface area contributed by atoms with Crippen molar-refractivity contribution in [1.82, 2.24) is 24.4 Å². The van der Waals surface area contributed by atoms with Crippen molar-refractivity contribution in [3.05, 3.63) is 77.7 Å². The summed E-state index contributed by atoms with van der Waals surface area (Å²) in [5.74, 6) is 1.26. The summed E-state index contributed by atoms with van der Waals surface area (Å²) < 4.78 is 7.87. The molecule has 4 aromatic rings. The lowest BCUT2D eigenvalue weighted by atomic mass is 10.2. The van der Waals surface area contributed by atoms with Gasteiger partial charge in [0.25, 0.3) is 5.91 Å². The maximum atomic E-state index is 12.2. The van der Waals surface area contributed by atoms with Crippen LogP contribution in [0.25, 0.3) is 11.2 Å². The molecular weight excluding hydrogens is 366 g/mol. The number of benzene rings is 2. The lowest BCUT2D eigenvalue weighted by molar-refractivity contribution is 0.0827. The van der Waals surface area contributed by atoms with Gasteiger partial charge in [0, 0.05) is 19.7 Å². The second kappa shape index (κ2) is 7.71. The smallest absolute Gasteiger partial charge is 0.324 e. The summed E-state index contributed by atoms with van der Waals surface area (Å²) in [5, 5.41) is 0. The highest BCUT2D eigenvalue weighted by Gasteiger charge is 2.13. The SMILES string of the molecule is Cc1nc2cnc(Oc3cccc(C(=O)N(C)C)c3)nc2n1Cc1ccccc1. The average Bonchev–Trinajstić information content (AvgIpc) is 3.03. The number of carbonyl (C=O) groups excluding carboxylic acids is 1. The number of aryl methyl sites for hydroxylation is 1. The van der Waals surface area contributed by atoms with Crippen LogP contribution in [0, 0.1) is 6.92 Å². The Hall–Kier alpha value is -3.74. The maximum Gasteiger partial charge on any atom is 0.324 e. The summed E-state index contributed by atoms with van der Waals surface area (Å²) in [6.07, 6.45) is 1.65. The Morgan fingerprint density at radius 2 is 1.86 bits per heavy atom. The van der Waals surface area contributed by atoms with Gasteiger partial charge in [-0.1, -0.05) is 36.4 Å². The minimum atomic E-state index is -0.0941. The van der Waals surface area contributed by atoms with E-state index in [1.807, 2.05) is 29.7 Å². The van der Waals surface area contributed by atoms with Crippen molar-refractivity contribution in [2.45, 2.75) is 13.5 Å². The minimum absolute atomic E-state index is 0.0941. The van der Waals surface area contributed by atoms with Crippen LogP contribution in [0.1, 0.15) is 21.7 Å². The molecule has 0 aliphatic heterocycles. The van der Waals surface area contributed by atoms with E-state index in [2.05, 4.69) is 27.1 Å². The summed E-state index contributed by atoms with van der Waals surface area (Å²) in [5.41, 5.74) is 3.11. The zero-order chi connectivity index (χ0) is 20.4. The predicted molar refractivity (Wildman–Crippen MR) is 110 cm³/mol. The standard InChI is InChI=1S/C22H21N5O2/c1-15-24-19-13-23-22(25-20(19)27(15)14-16-8-5-4-6-9-16)29-18-11-7-10-17(12-18)21(28)26(2)3/h4-13H,14H2,1-3H3. The Balaban J connectivity index is 1.65. The lowest BCUT2D eigenvalue weighted by Gasteiger charge is -2.11. The van der Waals surface area contributed by atoms with Gasteiger partial charge in [0.15, 0.2) is 5.65 Å². The van der Waals surface area contributed by atoms with Crippen LogP contribution in [-0.4, -0.2) is 44.4 Å². The first-order valence-corrected chi connectivity index (χ1v) is 9.24. The highest BCUT2D eigenvalue weighted by molar-refractivity contribution is 5.94. The molecular formula is C22H21N5O2. The molecule has 0 aliphatic carbocycles. The van der Waals surface area contributed by atoms with Crippen LogP contribution in [0.5, 0.6) is 11.8 Å². The quantitative estimate of drug-likeness (QED) is 0.522. The topological polar surface area (TPSA) is 73.1 Å². The summed E-state index contributed by atoms with van der Waals surface area (Å²) >= 11 is 0. The summed E-state index contributed by atoms with van der Waals surface area (Å²) in [4.78, 5) is 27.1. The van der Waals surface area contributed by atoms with Gasteiger partial charge in [0.05, 0.1) is 12.7 Å². The van der Waals surface area contributed by atoms with Crippen molar-refractivity contribution in [2.75, 3.05) is 14.1 Å². The molecule has 2 aromatic heterocycles. The van der Waals surface area contributed by atoms with E-state index in [1.165, 1.54) is 4.90 Å². The normalized spacial score (nSPS) is 10.9. The van der Waals surface area contributed by atoms with Crippen molar-refractivity contribution < 1.29 is 9.53 Å². The monoisotopic (exact) mass is 387 g/mol. The van der Waals surface area contributed by atoms with Crippen molar-refractivity contribution in [3.8, 4) is 11.8 Å². The fourth-order valence-electron chi connectivity index (χ4n) is 3.08. The van der Waals surface area contributed by atoms with Gasteiger partial charge in [-0.25, -0.2) is 9.97 Å². The molecule has 146 valence electrons. The third-order valence-electron chi connectivity index (χ3n) is 4.54. The summed E-state index contributed by atoms with van der Waals surface area (Å²) in [6.45, 7) is 2.61. The molecule has 0 bridgehead atoms. The molecule has 0 N–H and O–H groups in total. The van der Waals surface area contributed by atoms with Gasteiger partial charge in [-0.2, -0.15) is 4.98 Å². The van der Waals surface area contributed by atoms with E-state index in [0.29, 0.717) is 29.0 Å². The van der Waals surface area contributed by atoms with Crippen molar-refractivity contribution in [3.63, 3.8) is 0 Å². The average molecular weight is 387 g/mol. The van der Waals surface area contributed by atoms with Gasteiger partial charge >= 0.3 is 6.01 Å². The first-order chi connectivity index (χ1) is 14.0. The van der Waals surface area contributed by atoms with Crippen LogP contribution in [0.3, 0.4) is 0 Å². The Morgan fingerprint density at radius 3 is 2.62 bits per heavy atom. The number of ether oxygens (including phenoxy) is 1. The molecule has 0 saturated heterocycles. The van der Waals surface area contributed by atoms with Gasteiger partial charge in [0.1, 0.15) is 17.1 Å². The molecule has 2 heterocycles. The van der Waals surface area contributed by atoms with E-state index in [-0.39, 0.29) is 11.9 Å². The van der Waals surface area contributed by atoms with Crippen LogP contribution in [0.4, 0.5) is 0 Å². The third kappa shape index (κ3) is 3.94. The van der Waals surface area contributed by atoms with Crippen LogP contribution < -0.4 is 4.74 Å². The molecule has 0 spiro atoms. The Kier molecular flexibility index (Phi) is 4.95. The Bertz CT molecular complexity index is 1170. The zero-order valence-electron chi connectivity index (χ0n) is 16.5. The van der Waals surface area contributed by atoms with Crippen molar-refractivity contribution in [1.29, 1.82) is 0 Å². The number of aromatic nitrogens is 4. The molecule has 7 nitrogen and oxygen atoms in total. The number of hydrogen-bond donors (Lipinski definition) is 0.